The van der Waals surface area contributed by atoms with Gasteiger partial charge in [0.05, 0.1) is 19.5 Å². The van der Waals surface area contributed by atoms with Crippen molar-refractivity contribution in [3.8, 4) is 5.75 Å². The molecule has 1 aliphatic rings. The van der Waals surface area contributed by atoms with Crippen LogP contribution in [0.5, 0.6) is 5.75 Å². The molecular weight excluding hydrogens is 190 g/mol. The molecule has 1 aliphatic heterocycles. The van der Waals surface area contributed by atoms with Crippen molar-refractivity contribution in [3.05, 3.63) is 18.2 Å². The second-order valence-corrected chi connectivity index (χ2v) is 3.96. The van der Waals surface area contributed by atoms with Crippen LogP contribution in [0.25, 0.3) is 0 Å². The Hall–Kier alpha value is -1.16. The molecule has 0 radical (unpaired) electrons. The Bertz CT molecular complexity index is 293. The molecule has 0 aliphatic carbocycles. The normalized spacial score (nSPS) is 21.3. The van der Waals surface area contributed by atoms with Crippen LogP contribution in [-0.4, -0.2) is 30.2 Å². The van der Waals surface area contributed by atoms with E-state index in [1.54, 1.807) is 19.5 Å². The molecule has 0 aromatic carbocycles. The van der Waals surface area contributed by atoms with Gasteiger partial charge in [-0.25, -0.2) is 9.97 Å². The van der Waals surface area contributed by atoms with Gasteiger partial charge in [0, 0.05) is 6.42 Å². The fourth-order valence-electron chi connectivity index (χ4n) is 1.91. The first-order valence-electron chi connectivity index (χ1n) is 5.44. The lowest BCUT2D eigenvalue weighted by Gasteiger charge is -2.21. The Balaban J connectivity index is 1.91. The highest BCUT2D eigenvalue weighted by atomic mass is 16.5. The summed E-state index contributed by atoms with van der Waals surface area (Å²) in [5.41, 5.74) is 0. The van der Waals surface area contributed by atoms with Gasteiger partial charge >= 0.3 is 0 Å². The van der Waals surface area contributed by atoms with E-state index in [0.717, 1.165) is 31.1 Å². The van der Waals surface area contributed by atoms with E-state index < -0.39 is 0 Å². The highest BCUT2D eigenvalue weighted by Gasteiger charge is 2.14. The van der Waals surface area contributed by atoms with Gasteiger partial charge in [-0.2, -0.15) is 0 Å². The number of ether oxygens (including phenoxy) is 1. The molecule has 82 valence electrons. The van der Waals surface area contributed by atoms with Crippen molar-refractivity contribution < 1.29 is 4.74 Å². The van der Waals surface area contributed by atoms with Crippen molar-refractivity contribution in [3.63, 3.8) is 0 Å². The SMILES string of the molecule is COc1cnc(CC2CCCNC2)nc1. The minimum atomic E-state index is 0.687. The van der Waals surface area contributed by atoms with Gasteiger partial charge in [-0.1, -0.05) is 0 Å². The Morgan fingerprint density at radius 1 is 1.47 bits per heavy atom. The molecular formula is C11H17N3O. The fraction of sp³-hybridized carbons (Fsp3) is 0.636. The first-order chi connectivity index (χ1) is 7.38. The van der Waals surface area contributed by atoms with Crippen LogP contribution in [0.3, 0.4) is 0 Å². The molecule has 1 fully saturated rings. The highest BCUT2D eigenvalue weighted by molar-refractivity contribution is 5.12. The summed E-state index contributed by atoms with van der Waals surface area (Å²) >= 11 is 0. The molecule has 1 aromatic rings. The molecule has 2 rings (SSSR count). The van der Waals surface area contributed by atoms with Crippen LogP contribution in [-0.2, 0) is 6.42 Å². The lowest BCUT2D eigenvalue weighted by Crippen LogP contribution is -2.31. The summed E-state index contributed by atoms with van der Waals surface area (Å²) in [6, 6.07) is 0. The maximum Gasteiger partial charge on any atom is 0.155 e. The van der Waals surface area contributed by atoms with E-state index in [1.807, 2.05) is 0 Å². The van der Waals surface area contributed by atoms with E-state index in [1.165, 1.54) is 12.8 Å². The number of methoxy groups -OCH3 is 1. The molecule has 1 N–H and O–H groups in total. The summed E-state index contributed by atoms with van der Waals surface area (Å²) < 4.78 is 5.02. The topological polar surface area (TPSA) is 47.0 Å². The van der Waals surface area contributed by atoms with Crippen LogP contribution in [0.1, 0.15) is 18.7 Å². The minimum absolute atomic E-state index is 0.687. The van der Waals surface area contributed by atoms with Gasteiger partial charge in [0.25, 0.3) is 0 Å². The molecule has 0 spiro atoms. The Morgan fingerprint density at radius 3 is 2.87 bits per heavy atom. The van der Waals surface area contributed by atoms with Crippen LogP contribution in [0.2, 0.25) is 0 Å². The van der Waals surface area contributed by atoms with Gasteiger partial charge in [-0.3, -0.25) is 0 Å². The molecule has 4 heteroatoms. The molecule has 2 heterocycles. The van der Waals surface area contributed by atoms with Crippen molar-refractivity contribution in [1.82, 2.24) is 15.3 Å². The average Bonchev–Trinajstić information content (AvgIpc) is 2.31. The Labute approximate surface area is 90.1 Å². The predicted molar refractivity (Wildman–Crippen MR) is 57.9 cm³/mol. The zero-order chi connectivity index (χ0) is 10.5. The molecule has 15 heavy (non-hydrogen) atoms. The lowest BCUT2D eigenvalue weighted by atomic mass is 9.96. The first kappa shape index (κ1) is 10.4. The number of piperidine rings is 1. The third-order valence-electron chi connectivity index (χ3n) is 2.79. The third-order valence-corrected chi connectivity index (χ3v) is 2.79. The van der Waals surface area contributed by atoms with Crippen LogP contribution in [0.4, 0.5) is 0 Å². The van der Waals surface area contributed by atoms with Crippen molar-refractivity contribution in [2.75, 3.05) is 20.2 Å². The second-order valence-electron chi connectivity index (χ2n) is 3.96. The lowest BCUT2D eigenvalue weighted by molar-refractivity contribution is 0.369. The van der Waals surface area contributed by atoms with Crippen LogP contribution in [0, 0.1) is 5.92 Å². The smallest absolute Gasteiger partial charge is 0.155 e. The van der Waals surface area contributed by atoms with Gasteiger partial charge in [-0.15, -0.1) is 0 Å². The largest absolute Gasteiger partial charge is 0.494 e. The van der Waals surface area contributed by atoms with Gasteiger partial charge in [-0.05, 0) is 31.8 Å². The molecule has 1 unspecified atom stereocenters. The van der Waals surface area contributed by atoms with Crippen LogP contribution < -0.4 is 10.1 Å². The maximum absolute atomic E-state index is 5.02. The van der Waals surface area contributed by atoms with Crippen LogP contribution >= 0.6 is 0 Å². The van der Waals surface area contributed by atoms with Crippen LogP contribution in [0.15, 0.2) is 12.4 Å². The van der Waals surface area contributed by atoms with Crippen molar-refractivity contribution >= 4 is 0 Å². The summed E-state index contributed by atoms with van der Waals surface area (Å²) in [7, 11) is 1.63. The van der Waals surface area contributed by atoms with Crippen molar-refractivity contribution in [2.24, 2.45) is 5.92 Å². The maximum atomic E-state index is 5.02. The van der Waals surface area contributed by atoms with E-state index in [-0.39, 0.29) is 0 Å². The minimum Gasteiger partial charge on any atom is -0.494 e. The quantitative estimate of drug-likeness (QED) is 0.804. The second kappa shape index (κ2) is 5.07. The van der Waals surface area contributed by atoms with E-state index in [2.05, 4.69) is 15.3 Å². The number of hydrogen-bond acceptors (Lipinski definition) is 4. The van der Waals surface area contributed by atoms with E-state index in [4.69, 9.17) is 4.74 Å². The van der Waals surface area contributed by atoms with Gasteiger partial charge in [0.2, 0.25) is 0 Å². The molecule has 4 nitrogen and oxygen atoms in total. The average molecular weight is 207 g/mol. The van der Waals surface area contributed by atoms with E-state index >= 15 is 0 Å². The predicted octanol–water partition coefficient (Wildman–Crippen LogP) is 1.03. The number of aromatic nitrogens is 2. The summed E-state index contributed by atoms with van der Waals surface area (Å²) in [4.78, 5) is 8.56. The van der Waals surface area contributed by atoms with E-state index in [0.29, 0.717) is 5.92 Å². The van der Waals surface area contributed by atoms with E-state index in [9.17, 15) is 0 Å². The summed E-state index contributed by atoms with van der Waals surface area (Å²) in [6.07, 6.45) is 6.98. The van der Waals surface area contributed by atoms with Gasteiger partial charge in [0.15, 0.2) is 5.75 Å². The molecule has 0 bridgehead atoms. The Morgan fingerprint density at radius 2 is 2.27 bits per heavy atom. The number of nitrogens with zero attached hydrogens (tertiary/aromatic N) is 2. The molecule has 1 saturated heterocycles. The highest BCUT2D eigenvalue weighted by Crippen LogP contribution is 2.14. The van der Waals surface area contributed by atoms with Crippen molar-refractivity contribution in [1.29, 1.82) is 0 Å². The summed E-state index contributed by atoms with van der Waals surface area (Å²) in [6.45, 7) is 2.25. The number of hydrogen-bond donors (Lipinski definition) is 1. The number of rotatable bonds is 3. The van der Waals surface area contributed by atoms with Crippen molar-refractivity contribution in [2.45, 2.75) is 19.3 Å². The standard InChI is InChI=1S/C11H17N3O/c1-15-10-7-13-11(14-8-10)5-9-3-2-4-12-6-9/h7-9,12H,2-6H2,1H3. The zero-order valence-electron chi connectivity index (χ0n) is 9.07. The van der Waals surface area contributed by atoms with Gasteiger partial charge < -0.3 is 10.1 Å². The molecule has 0 saturated carbocycles. The number of nitrogens with one attached hydrogen (secondary N) is 1. The summed E-state index contributed by atoms with van der Waals surface area (Å²) in [5, 5.41) is 3.40. The monoisotopic (exact) mass is 207 g/mol. The fourth-order valence-corrected chi connectivity index (χ4v) is 1.91. The molecule has 1 aromatic heterocycles. The Kier molecular flexibility index (Phi) is 3.50. The zero-order valence-corrected chi connectivity index (χ0v) is 9.07. The summed E-state index contributed by atoms with van der Waals surface area (Å²) in [5.74, 6) is 2.33. The molecule has 1 atom stereocenters. The first-order valence-corrected chi connectivity index (χ1v) is 5.44. The van der Waals surface area contributed by atoms with Gasteiger partial charge in [0.1, 0.15) is 5.82 Å². The third kappa shape index (κ3) is 2.89. The molecule has 0 amide bonds.